The molecule has 1 aliphatic rings. The number of amides is 1. The molecular weight excluding hydrogens is 362 g/mol. The number of nitrogens with one attached hydrogen (secondary N) is 2. The van der Waals surface area contributed by atoms with E-state index in [1.807, 2.05) is 0 Å². The van der Waals surface area contributed by atoms with Gasteiger partial charge in [0, 0.05) is 25.3 Å². The van der Waals surface area contributed by atoms with E-state index in [1.54, 1.807) is 6.92 Å². The normalized spacial score (nSPS) is 13.8. The van der Waals surface area contributed by atoms with Gasteiger partial charge in [-0.05, 0) is 31.5 Å². The maximum Gasteiger partial charge on any atom is 0.332 e. The standard InChI is InChI=1S/C16H21N3O6S/c1-2-24-11-16(21)25-10-15(20)18-12-5-3-6-13(9-12)26(22,23)19-14-7-4-8-17-14/h3,5-6,9H,2,4,7-8,10-11H2,1H3,(H,17,19)(H,18,20). The molecule has 0 saturated heterocycles. The molecule has 142 valence electrons. The predicted molar refractivity (Wildman–Crippen MR) is 94.4 cm³/mol. The van der Waals surface area contributed by atoms with Crippen molar-refractivity contribution in [3.8, 4) is 0 Å². The minimum absolute atomic E-state index is 0.00163. The number of carbonyl (C=O) groups excluding carboxylic acids is 2. The molecule has 9 nitrogen and oxygen atoms in total. The first-order valence-electron chi connectivity index (χ1n) is 8.10. The highest BCUT2D eigenvalue weighted by molar-refractivity contribution is 7.90. The van der Waals surface area contributed by atoms with Crippen LogP contribution in [0.3, 0.4) is 0 Å². The highest BCUT2D eigenvalue weighted by Crippen LogP contribution is 2.16. The lowest BCUT2D eigenvalue weighted by molar-refractivity contribution is -0.151. The second kappa shape index (κ2) is 9.30. The Morgan fingerprint density at radius 2 is 2.08 bits per heavy atom. The number of nitrogens with zero attached hydrogens (tertiary/aromatic N) is 1. The Balaban J connectivity index is 1.93. The van der Waals surface area contributed by atoms with Crippen molar-refractivity contribution in [2.75, 3.05) is 31.7 Å². The summed E-state index contributed by atoms with van der Waals surface area (Å²) in [5.74, 6) is -0.807. The molecule has 0 radical (unpaired) electrons. The number of esters is 1. The van der Waals surface area contributed by atoms with Gasteiger partial charge in [-0.1, -0.05) is 6.07 Å². The maximum absolute atomic E-state index is 12.4. The van der Waals surface area contributed by atoms with Gasteiger partial charge in [0.2, 0.25) is 0 Å². The number of benzene rings is 1. The Hall–Kier alpha value is -2.46. The minimum Gasteiger partial charge on any atom is -0.454 e. The van der Waals surface area contributed by atoms with Crippen LogP contribution < -0.4 is 10.0 Å². The lowest BCUT2D eigenvalue weighted by atomic mass is 10.3. The summed E-state index contributed by atoms with van der Waals surface area (Å²) in [7, 11) is -3.77. The molecule has 10 heteroatoms. The van der Waals surface area contributed by atoms with E-state index in [2.05, 4.69) is 15.0 Å². The molecule has 2 N–H and O–H groups in total. The zero-order valence-electron chi connectivity index (χ0n) is 14.4. The van der Waals surface area contributed by atoms with Crippen molar-refractivity contribution in [3.05, 3.63) is 24.3 Å². The molecule has 0 bridgehead atoms. The molecule has 1 aliphatic heterocycles. The van der Waals surface area contributed by atoms with E-state index in [-0.39, 0.29) is 17.2 Å². The third-order valence-electron chi connectivity index (χ3n) is 3.34. The van der Waals surface area contributed by atoms with Crippen LogP contribution in [0.25, 0.3) is 0 Å². The topological polar surface area (TPSA) is 123 Å². The van der Waals surface area contributed by atoms with Crippen LogP contribution in [0.4, 0.5) is 5.69 Å². The third kappa shape index (κ3) is 6.12. The molecular formula is C16H21N3O6S. The van der Waals surface area contributed by atoms with Gasteiger partial charge in [-0.3, -0.25) is 14.5 Å². The van der Waals surface area contributed by atoms with Gasteiger partial charge in [0.25, 0.3) is 15.9 Å². The molecule has 1 aromatic rings. The summed E-state index contributed by atoms with van der Waals surface area (Å²) in [6, 6.07) is 5.77. The fraction of sp³-hybridized carbons (Fsp3) is 0.438. The molecule has 0 unspecified atom stereocenters. The third-order valence-corrected chi connectivity index (χ3v) is 4.72. The predicted octanol–water partition coefficient (Wildman–Crippen LogP) is 0.675. The second-order valence-electron chi connectivity index (χ2n) is 5.41. The van der Waals surface area contributed by atoms with E-state index in [9.17, 15) is 18.0 Å². The number of aliphatic imine (C=N–C) groups is 1. The smallest absolute Gasteiger partial charge is 0.332 e. The summed E-state index contributed by atoms with van der Waals surface area (Å²) >= 11 is 0. The largest absolute Gasteiger partial charge is 0.454 e. The number of ether oxygens (including phenoxy) is 2. The van der Waals surface area contributed by atoms with Crippen molar-refractivity contribution < 1.29 is 27.5 Å². The number of sulfonamides is 1. The molecule has 2 rings (SSSR count). The Kier molecular flexibility index (Phi) is 7.10. The van der Waals surface area contributed by atoms with Crippen LogP contribution in [0.2, 0.25) is 0 Å². The Labute approximate surface area is 151 Å². The van der Waals surface area contributed by atoms with Crippen molar-refractivity contribution in [1.82, 2.24) is 4.72 Å². The zero-order chi connectivity index (χ0) is 19.0. The van der Waals surface area contributed by atoms with E-state index >= 15 is 0 Å². The number of rotatable bonds is 8. The summed E-state index contributed by atoms with van der Waals surface area (Å²) in [5, 5.41) is 2.48. The monoisotopic (exact) mass is 383 g/mol. The van der Waals surface area contributed by atoms with Gasteiger partial charge in [-0.2, -0.15) is 0 Å². The van der Waals surface area contributed by atoms with E-state index in [0.29, 0.717) is 25.4 Å². The molecule has 1 aromatic carbocycles. The van der Waals surface area contributed by atoms with Crippen molar-refractivity contribution in [2.24, 2.45) is 4.99 Å². The number of hydrogen-bond donors (Lipinski definition) is 2. The summed E-state index contributed by atoms with van der Waals surface area (Å²) in [6.45, 7) is 1.99. The van der Waals surface area contributed by atoms with Crippen LogP contribution in [-0.2, 0) is 29.1 Å². The van der Waals surface area contributed by atoms with Gasteiger partial charge in [0.1, 0.15) is 12.4 Å². The number of anilines is 1. The summed E-state index contributed by atoms with van der Waals surface area (Å²) in [6.07, 6.45) is 1.40. The van der Waals surface area contributed by atoms with E-state index < -0.39 is 28.5 Å². The molecule has 0 fully saturated rings. The van der Waals surface area contributed by atoms with Crippen molar-refractivity contribution in [2.45, 2.75) is 24.7 Å². The number of amidine groups is 1. The molecule has 0 atom stereocenters. The Morgan fingerprint density at radius 1 is 1.27 bits per heavy atom. The fourth-order valence-electron chi connectivity index (χ4n) is 2.15. The van der Waals surface area contributed by atoms with Crippen molar-refractivity contribution >= 4 is 33.4 Å². The Bertz CT molecular complexity index is 791. The van der Waals surface area contributed by atoms with Crippen molar-refractivity contribution in [1.29, 1.82) is 0 Å². The van der Waals surface area contributed by atoms with Crippen LogP contribution in [0.1, 0.15) is 19.8 Å². The average Bonchev–Trinajstić information content (AvgIpc) is 3.10. The molecule has 0 aliphatic carbocycles. The molecule has 1 heterocycles. The van der Waals surface area contributed by atoms with Crippen LogP contribution >= 0.6 is 0 Å². The first-order chi connectivity index (χ1) is 12.4. The van der Waals surface area contributed by atoms with Crippen LogP contribution in [-0.4, -0.2) is 52.5 Å². The SMILES string of the molecule is CCOCC(=O)OCC(=O)Nc1cccc(S(=O)(=O)NC2=NCCC2)c1. The lowest BCUT2D eigenvalue weighted by Crippen LogP contribution is -2.29. The Morgan fingerprint density at radius 3 is 2.77 bits per heavy atom. The first kappa shape index (κ1) is 19.9. The zero-order valence-corrected chi connectivity index (χ0v) is 15.2. The van der Waals surface area contributed by atoms with Crippen LogP contribution in [0.5, 0.6) is 0 Å². The first-order valence-corrected chi connectivity index (χ1v) is 9.58. The molecule has 0 aromatic heterocycles. The van der Waals surface area contributed by atoms with Gasteiger partial charge in [0.15, 0.2) is 6.61 Å². The highest BCUT2D eigenvalue weighted by Gasteiger charge is 2.19. The minimum atomic E-state index is -3.77. The van der Waals surface area contributed by atoms with Gasteiger partial charge in [-0.15, -0.1) is 0 Å². The lowest BCUT2D eigenvalue weighted by Gasteiger charge is -2.10. The summed E-state index contributed by atoms with van der Waals surface area (Å²) in [4.78, 5) is 27.2. The van der Waals surface area contributed by atoms with E-state index in [0.717, 1.165) is 6.42 Å². The van der Waals surface area contributed by atoms with E-state index in [4.69, 9.17) is 9.47 Å². The van der Waals surface area contributed by atoms with Gasteiger partial charge >= 0.3 is 5.97 Å². The van der Waals surface area contributed by atoms with Gasteiger partial charge in [0.05, 0.1) is 4.90 Å². The quantitative estimate of drug-likeness (QED) is 0.636. The van der Waals surface area contributed by atoms with Gasteiger partial charge in [-0.25, -0.2) is 13.2 Å². The second-order valence-corrected chi connectivity index (χ2v) is 7.09. The fourth-order valence-corrected chi connectivity index (χ4v) is 3.28. The maximum atomic E-state index is 12.4. The number of carbonyl (C=O) groups is 2. The molecule has 0 saturated carbocycles. The van der Waals surface area contributed by atoms with Gasteiger partial charge < -0.3 is 14.8 Å². The average molecular weight is 383 g/mol. The van der Waals surface area contributed by atoms with E-state index in [1.165, 1.54) is 24.3 Å². The number of hydrogen-bond acceptors (Lipinski definition) is 7. The van der Waals surface area contributed by atoms with Crippen molar-refractivity contribution in [3.63, 3.8) is 0 Å². The van der Waals surface area contributed by atoms with Crippen LogP contribution in [0, 0.1) is 0 Å². The molecule has 26 heavy (non-hydrogen) atoms. The summed E-state index contributed by atoms with van der Waals surface area (Å²) < 4.78 is 36.8. The molecule has 1 amide bonds. The van der Waals surface area contributed by atoms with Crippen LogP contribution in [0.15, 0.2) is 34.2 Å². The molecule has 0 spiro atoms. The summed E-state index contributed by atoms with van der Waals surface area (Å²) in [5.41, 5.74) is 0.270. The highest BCUT2D eigenvalue weighted by atomic mass is 32.2.